The monoisotopic (exact) mass is 339 g/mol. The number of aliphatic carboxylic acids is 1. The van der Waals surface area contributed by atoms with Gasteiger partial charge in [-0.25, -0.2) is 0 Å². The van der Waals surface area contributed by atoms with Gasteiger partial charge in [-0.3, -0.25) is 9.59 Å². The van der Waals surface area contributed by atoms with Crippen molar-refractivity contribution in [2.24, 2.45) is 5.92 Å². The van der Waals surface area contributed by atoms with E-state index in [1.165, 1.54) is 0 Å². The van der Waals surface area contributed by atoms with Crippen LogP contribution in [0.2, 0.25) is 5.02 Å². The average molecular weight is 340 g/mol. The van der Waals surface area contributed by atoms with Crippen molar-refractivity contribution in [3.8, 4) is 5.75 Å². The van der Waals surface area contributed by atoms with Gasteiger partial charge >= 0.3 is 5.97 Å². The number of morpholine rings is 1. The Morgan fingerprint density at radius 3 is 3.00 bits per heavy atom. The first-order valence-corrected chi connectivity index (χ1v) is 7.94. The normalized spacial score (nSPS) is 23.8. The van der Waals surface area contributed by atoms with E-state index in [0.29, 0.717) is 37.7 Å². The Morgan fingerprint density at radius 2 is 2.22 bits per heavy atom. The highest BCUT2D eigenvalue weighted by molar-refractivity contribution is 6.30. The van der Waals surface area contributed by atoms with Crippen molar-refractivity contribution in [3.05, 3.63) is 28.8 Å². The lowest BCUT2D eigenvalue weighted by molar-refractivity contribution is -0.150. The average Bonchev–Trinajstić information content (AvgIpc) is 2.53. The molecule has 1 N–H and O–H groups in total. The fraction of sp³-hybridized carbons (Fsp3) is 0.500. The molecule has 1 amide bonds. The number of ether oxygens (including phenoxy) is 2. The third-order valence-corrected chi connectivity index (χ3v) is 4.37. The molecule has 1 saturated heterocycles. The van der Waals surface area contributed by atoms with Crippen LogP contribution in [0.5, 0.6) is 5.75 Å². The van der Waals surface area contributed by atoms with Crippen molar-refractivity contribution >= 4 is 23.5 Å². The van der Waals surface area contributed by atoms with Crippen LogP contribution in [-0.4, -0.2) is 54.3 Å². The topological polar surface area (TPSA) is 76.1 Å². The number of carbonyl (C=O) groups is 2. The predicted molar refractivity (Wildman–Crippen MR) is 82.7 cm³/mol. The second-order valence-corrected chi connectivity index (χ2v) is 6.28. The molecule has 2 aliphatic heterocycles. The number of carboxylic acids is 1. The fourth-order valence-corrected chi connectivity index (χ4v) is 3.21. The molecule has 2 aliphatic rings. The third kappa shape index (κ3) is 3.76. The Morgan fingerprint density at radius 1 is 1.39 bits per heavy atom. The molecule has 1 aromatic rings. The number of rotatable bonds is 3. The van der Waals surface area contributed by atoms with Crippen molar-refractivity contribution in [1.29, 1.82) is 0 Å². The van der Waals surface area contributed by atoms with E-state index in [2.05, 4.69) is 0 Å². The van der Waals surface area contributed by atoms with E-state index in [1.807, 2.05) is 12.1 Å². The van der Waals surface area contributed by atoms with Crippen molar-refractivity contribution in [1.82, 2.24) is 4.90 Å². The number of nitrogens with zero attached hydrogens (tertiary/aromatic N) is 1. The van der Waals surface area contributed by atoms with Gasteiger partial charge in [-0.05, 0) is 30.2 Å². The zero-order valence-electron chi connectivity index (χ0n) is 12.5. The van der Waals surface area contributed by atoms with Gasteiger partial charge in [0.05, 0.1) is 25.0 Å². The summed E-state index contributed by atoms with van der Waals surface area (Å²) in [4.78, 5) is 25.2. The molecule has 7 heteroatoms. The number of hydrogen-bond acceptors (Lipinski definition) is 4. The molecular weight excluding hydrogens is 322 g/mol. The predicted octanol–water partition coefficient (Wildman–Crippen LogP) is 1.59. The molecule has 0 aliphatic carbocycles. The van der Waals surface area contributed by atoms with Crippen LogP contribution in [0.25, 0.3) is 0 Å². The smallest absolute Gasteiger partial charge is 0.306 e. The van der Waals surface area contributed by atoms with E-state index in [0.717, 1.165) is 11.3 Å². The Kier molecular flexibility index (Phi) is 4.73. The molecule has 0 saturated carbocycles. The molecule has 0 spiro atoms. The molecule has 124 valence electrons. The van der Waals surface area contributed by atoms with Crippen molar-refractivity contribution in [2.75, 3.05) is 26.3 Å². The molecule has 2 atom stereocenters. The van der Waals surface area contributed by atoms with Crippen LogP contribution in [0.4, 0.5) is 0 Å². The number of carbonyl (C=O) groups excluding carboxylic acids is 1. The number of fused-ring (bicyclic) bond motifs is 1. The SMILES string of the molecule is O=C(O)CC1CN(C(=O)C2COc3ccc(Cl)cc3C2)CCO1. The van der Waals surface area contributed by atoms with Gasteiger partial charge in [-0.2, -0.15) is 0 Å². The summed E-state index contributed by atoms with van der Waals surface area (Å²) in [7, 11) is 0. The highest BCUT2D eigenvalue weighted by Gasteiger charge is 2.33. The zero-order chi connectivity index (χ0) is 16.4. The van der Waals surface area contributed by atoms with Gasteiger partial charge in [0.1, 0.15) is 12.4 Å². The van der Waals surface area contributed by atoms with Gasteiger partial charge in [0.2, 0.25) is 5.91 Å². The van der Waals surface area contributed by atoms with E-state index in [4.69, 9.17) is 26.2 Å². The van der Waals surface area contributed by atoms with E-state index in [9.17, 15) is 9.59 Å². The Labute approximate surface area is 138 Å². The van der Waals surface area contributed by atoms with Crippen LogP contribution in [-0.2, 0) is 20.7 Å². The second kappa shape index (κ2) is 6.76. The molecule has 0 radical (unpaired) electrons. The maximum Gasteiger partial charge on any atom is 0.306 e. The number of hydrogen-bond donors (Lipinski definition) is 1. The van der Waals surface area contributed by atoms with E-state index < -0.39 is 12.1 Å². The summed E-state index contributed by atoms with van der Waals surface area (Å²) >= 11 is 6.00. The second-order valence-electron chi connectivity index (χ2n) is 5.84. The quantitative estimate of drug-likeness (QED) is 0.905. The minimum atomic E-state index is -0.922. The maximum absolute atomic E-state index is 12.7. The summed E-state index contributed by atoms with van der Waals surface area (Å²) in [6, 6.07) is 5.40. The Bertz CT molecular complexity index is 620. The van der Waals surface area contributed by atoms with Gasteiger partial charge in [0.15, 0.2) is 0 Å². The minimum absolute atomic E-state index is 0.0192. The van der Waals surface area contributed by atoms with Crippen LogP contribution in [0.1, 0.15) is 12.0 Å². The molecule has 1 fully saturated rings. The summed E-state index contributed by atoms with van der Waals surface area (Å²) in [6.45, 7) is 1.48. The van der Waals surface area contributed by atoms with Crippen molar-refractivity contribution < 1.29 is 24.2 Å². The first-order valence-electron chi connectivity index (χ1n) is 7.56. The van der Waals surface area contributed by atoms with Gasteiger partial charge in [0.25, 0.3) is 0 Å². The fourth-order valence-electron chi connectivity index (χ4n) is 3.02. The molecule has 2 unspecified atom stereocenters. The van der Waals surface area contributed by atoms with Crippen LogP contribution in [0.3, 0.4) is 0 Å². The molecule has 0 aromatic heterocycles. The van der Waals surface area contributed by atoms with Crippen LogP contribution < -0.4 is 4.74 Å². The highest BCUT2D eigenvalue weighted by Crippen LogP contribution is 2.30. The van der Waals surface area contributed by atoms with E-state index in [1.54, 1.807) is 11.0 Å². The standard InChI is InChI=1S/C16H18ClNO5/c17-12-1-2-14-10(6-12)5-11(9-23-14)16(21)18-3-4-22-13(8-18)7-15(19)20/h1-2,6,11,13H,3-5,7-9H2,(H,19,20). The summed E-state index contributed by atoms with van der Waals surface area (Å²) in [6.07, 6.45) is 0.0374. The largest absolute Gasteiger partial charge is 0.492 e. The number of amides is 1. The van der Waals surface area contributed by atoms with E-state index >= 15 is 0 Å². The molecular formula is C16H18ClNO5. The van der Waals surface area contributed by atoms with E-state index in [-0.39, 0.29) is 18.2 Å². The van der Waals surface area contributed by atoms with Gasteiger partial charge in [-0.1, -0.05) is 11.6 Å². The third-order valence-electron chi connectivity index (χ3n) is 4.13. The summed E-state index contributed by atoms with van der Waals surface area (Å²) < 4.78 is 11.1. The first kappa shape index (κ1) is 16.1. The van der Waals surface area contributed by atoms with Gasteiger partial charge in [0, 0.05) is 18.1 Å². The summed E-state index contributed by atoms with van der Waals surface area (Å²) in [5.41, 5.74) is 0.928. The van der Waals surface area contributed by atoms with Crippen LogP contribution >= 0.6 is 11.6 Å². The number of halogens is 1. The lowest BCUT2D eigenvalue weighted by atomic mass is 9.95. The molecule has 6 nitrogen and oxygen atoms in total. The Balaban J connectivity index is 1.65. The highest BCUT2D eigenvalue weighted by atomic mass is 35.5. The van der Waals surface area contributed by atoms with Gasteiger partial charge in [-0.15, -0.1) is 0 Å². The molecule has 0 bridgehead atoms. The zero-order valence-corrected chi connectivity index (χ0v) is 13.3. The number of carboxylic acid groups (broad SMARTS) is 1. The molecule has 1 aromatic carbocycles. The summed E-state index contributed by atoms with van der Waals surface area (Å²) in [5.74, 6) is -0.447. The molecule has 3 rings (SSSR count). The van der Waals surface area contributed by atoms with Crippen molar-refractivity contribution in [2.45, 2.75) is 18.9 Å². The van der Waals surface area contributed by atoms with Crippen LogP contribution in [0.15, 0.2) is 18.2 Å². The molecule has 23 heavy (non-hydrogen) atoms. The van der Waals surface area contributed by atoms with Gasteiger partial charge < -0.3 is 19.5 Å². The summed E-state index contributed by atoms with van der Waals surface area (Å²) in [5, 5.41) is 9.48. The molecule has 2 heterocycles. The lowest BCUT2D eigenvalue weighted by Crippen LogP contribution is -2.50. The lowest BCUT2D eigenvalue weighted by Gasteiger charge is -2.35. The minimum Gasteiger partial charge on any atom is -0.492 e. The van der Waals surface area contributed by atoms with Crippen LogP contribution in [0, 0.1) is 5.92 Å². The maximum atomic E-state index is 12.7. The first-order chi connectivity index (χ1) is 11.0. The number of benzene rings is 1. The Hall–Kier alpha value is -1.79. The van der Waals surface area contributed by atoms with Crippen molar-refractivity contribution in [3.63, 3.8) is 0 Å².